The summed E-state index contributed by atoms with van der Waals surface area (Å²) in [7, 11) is 0. The van der Waals surface area contributed by atoms with Gasteiger partial charge in [0.15, 0.2) is 11.6 Å². The fourth-order valence-electron chi connectivity index (χ4n) is 1.06. The van der Waals surface area contributed by atoms with E-state index in [0.29, 0.717) is 10.0 Å². The summed E-state index contributed by atoms with van der Waals surface area (Å²) in [5.41, 5.74) is -0.396. The van der Waals surface area contributed by atoms with Gasteiger partial charge in [-0.3, -0.25) is 0 Å². The Bertz CT molecular complexity index is 407. The van der Waals surface area contributed by atoms with Gasteiger partial charge in [-0.25, -0.2) is 8.78 Å². The van der Waals surface area contributed by atoms with E-state index in [4.69, 9.17) is 5.26 Å². The molecule has 0 fully saturated rings. The van der Waals surface area contributed by atoms with Gasteiger partial charge in [0, 0.05) is 4.47 Å². The first-order valence-corrected chi connectivity index (χ1v) is 4.74. The summed E-state index contributed by atoms with van der Waals surface area (Å²) in [4.78, 5) is 0. The Morgan fingerprint density at radius 1 is 1.29 bits per heavy atom. The molecule has 0 unspecified atom stereocenters. The molecule has 0 atom stereocenters. The van der Waals surface area contributed by atoms with Gasteiger partial charge in [-0.05, 0) is 31.5 Å². The lowest BCUT2D eigenvalue weighted by Gasteiger charge is -2.17. The zero-order valence-corrected chi connectivity index (χ0v) is 9.32. The Labute approximate surface area is 89.5 Å². The zero-order valence-electron chi connectivity index (χ0n) is 7.74. The average Bonchev–Trinajstić information content (AvgIpc) is 2.11. The van der Waals surface area contributed by atoms with Crippen molar-refractivity contribution in [2.45, 2.75) is 19.3 Å². The van der Waals surface area contributed by atoms with Crippen LogP contribution >= 0.6 is 15.9 Å². The van der Waals surface area contributed by atoms with E-state index in [1.165, 1.54) is 0 Å². The molecular weight excluding hydrogens is 252 g/mol. The van der Waals surface area contributed by atoms with Crippen molar-refractivity contribution in [2.24, 2.45) is 0 Å². The minimum Gasteiger partial charge on any atom is -0.204 e. The van der Waals surface area contributed by atoms with E-state index in [1.54, 1.807) is 13.8 Å². The SMILES string of the molecule is CC(C)(C#N)c1cc(F)c(F)cc1Br. The van der Waals surface area contributed by atoms with E-state index < -0.39 is 17.0 Å². The summed E-state index contributed by atoms with van der Waals surface area (Å²) in [6, 6.07) is 4.10. The first-order chi connectivity index (χ1) is 6.38. The molecule has 4 heteroatoms. The number of hydrogen-bond acceptors (Lipinski definition) is 1. The molecule has 14 heavy (non-hydrogen) atoms. The lowest BCUT2D eigenvalue weighted by molar-refractivity contribution is 0.502. The van der Waals surface area contributed by atoms with Gasteiger partial charge in [0.25, 0.3) is 0 Å². The maximum atomic E-state index is 12.9. The topological polar surface area (TPSA) is 23.8 Å². The molecular formula is C10H8BrF2N. The van der Waals surface area contributed by atoms with Gasteiger partial charge in [-0.2, -0.15) is 5.26 Å². The highest BCUT2D eigenvalue weighted by Gasteiger charge is 2.24. The Hall–Kier alpha value is -0.950. The molecule has 1 rings (SSSR count). The molecule has 74 valence electrons. The molecule has 0 radical (unpaired) electrons. The minimum absolute atomic E-state index is 0.406. The molecule has 0 aliphatic carbocycles. The predicted octanol–water partition coefficient (Wildman–Crippen LogP) is 3.53. The van der Waals surface area contributed by atoms with Gasteiger partial charge < -0.3 is 0 Å². The monoisotopic (exact) mass is 259 g/mol. The van der Waals surface area contributed by atoms with Crippen molar-refractivity contribution in [2.75, 3.05) is 0 Å². The first kappa shape index (κ1) is 11.1. The third-order valence-electron chi connectivity index (χ3n) is 1.96. The summed E-state index contributed by atoms with van der Waals surface area (Å²) in [5, 5.41) is 8.85. The molecule has 0 aliphatic rings. The number of nitrogens with zero attached hydrogens (tertiary/aromatic N) is 1. The van der Waals surface area contributed by atoms with Crippen LogP contribution in [0.15, 0.2) is 16.6 Å². The Balaban J connectivity index is 3.38. The van der Waals surface area contributed by atoms with Crippen LogP contribution < -0.4 is 0 Å². The van der Waals surface area contributed by atoms with Crippen molar-refractivity contribution in [3.05, 3.63) is 33.8 Å². The second-order valence-electron chi connectivity index (χ2n) is 3.48. The van der Waals surface area contributed by atoms with Gasteiger partial charge in [-0.15, -0.1) is 0 Å². The van der Waals surface area contributed by atoms with Crippen molar-refractivity contribution in [1.29, 1.82) is 5.26 Å². The van der Waals surface area contributed by atoms with E-state index in [0.717, 1.165) is 12.1 Å². The van der Waals surface area contributed by atoms with Crippen LogP contribution in [0.4, 0.5) is 8.78 Å². The van der Waals surface area contributed by atoms with Gasteiger partial charge in [-0.1, -0.05) is 15.9 Å². The first-order valence-electron chi connectivity index (χ1n) is 3.95. The van der Waals surface area contributed by atoms with Crippen LogP contribution in [0.5, 0.6) is 0 Å². The maximum absolute atomic E-state index is 12.9. The molecule has 0 spiro atoms. The number of nitriles is 1. The maximum Gasteiger partial charge on any atom is 0.159 e. The van der Waals surface area contributed by atoms with E-state index in [-0.39, 0.29) is 0 Å². The lowest BCUT2D eigenvalue weighted by atomic mass is 9.86. The molecule has 0 bridgehead atoms. The average molecular weight is 260 g/mol. The molecule has 1 aromatic carbocycles. The van der Waals surface area contributed by atoms with Crippen LogP contribution in [0.25, 0.3) is 0 Å². The van der Waals surface area contributed by atoms with Crippen molar-refractivity contribution in [3.63, 3.8) is 0 Å². The molecule has 0 N–H and O–H groups in total. The fourth-order valence-corrected chi connectivity index (χ4v) is 1.87. The van der Waals surface area contributed by atoms with Crippen molar-refractivity contribution >= 4 is 15.9 Å². The van der Waals surface area contributed by atoms with Crippen LogP contribution in [-0.4, -0.2) is 0 Å². The molecule has 0 saturated carbocycles. The van der Waals surface area contributed by atoms with Crippen molar-refractivity contribution < 1.29 is 8.78 Å². The molecule has 0 saturated heterocycles. The van der Waals surface area contributed by atoms with Gasteiger partial charge in [0.2, 0.25) is 0 Å². The molecule has 0 aliphatic heterocycles. The molecule has 1 aromatic rings. The normalized spacial score (nSPS) is 11.1. The highest BCUT2D eigenvalue weighted by Crippen LogP contribution is 2.31. The standard InChI is InChI=1S/C10H8BrF2N/c1-10(2,5-14)6-3-8(12)9(13)4-7(6)11/h3-4H,1-2H3. The van der Waals surface area contributed by atoms with Gasteiger partial charge in [0.1, 0.15) is 0 Å². The molecule has 1 nitrogen and oxygen atoms in total. The highest BCUT2D eigenvalue weighted by atomic mass is 79.9. The highest BCUT2D eigenvalue weighted by molar-refractivity contribution is 9.10. The zero-order chi connectivity index (χ0) is 10.9. The third kappa shape index (κ3) is 1.93. The Morgan fingerprint density at radius 3 is 2.29 bits per heavy atom. The number of halogens is 3. The van der Waals surface area contributed by atoms with Crippen LogP contribution in [0, 0.1) is 23.0 Å². The van der Waals surface area contributed by atoms with Crippen LogP contribution in [0.1, 0.15) is 19.4 Å². The van der Waals surface area contributed by atoms with E-state index in [1.807, 2.05) is 6.07 Å². The Morgan fingerprint density at radius 2 is 1.79 bits per heavy atom. The smallest absolute Gasteiger partial charge is 0.159 e. The van der Waals surface area contributed by atoms with Gasteiger partial charge in [0.05, 0.1) is 11.5 Å². The number of rotatable bonds is 1. The lowest BCUT2D eigenvalue weighted by Crippen LogP contribution is -2.15. The fraction of sp³-hybridized carbons (Fsp3) is 0.300. The predicted molar refractivity (Wildman–Crippen MR) is 52.7 cm³/mol. The summed E-state index contributed by atoms with van der Waals surface area (Å²) in [6.45, 7) is 3.29. The summed E-state index contributed by atoms with van der Waals surface area (Å²) >= 11 is 3.10. The number of benzene rings is 1. The molecule has 0 aromatic heterocycles. The third-order valence-corrected chi connectivity index (χ3v) is 2.62. The van der Waals surface area contributed by atoms with E-state index >= 15 is 0 Å². The van der Waals surface area contributed by atoms with Crippen molar-refractivity contribution in [1.82, 2.24) is 0 Å². The van der Waals surface area contributed by atoms with Crippen LogP contribution in [0.3, 0.4) is 0 Å². The van der Waals surface area contributed by atoms with Crippen molar-refractivity contribution in [3.8, 4) is 6.07 Å². The summed E-state index contributed by atoms with van der Waals surface area (Å²) in [5.74, 6) is -1.86. The molecule has 0 heterocycles. The van der Waals surface area contributed by atoms with E-state index in [9.17, 15) is 8.78 Å². The minimum atomic E-state index is -0.938. The van der Waals surface area contributed by atoms with E-state index in [2.05, 4.69) is 15.9 Å². The van der Waals surface area contributed by atoms with Gasteiger partial charge >= 0.3 is 0 Å². The number of hydrogen-bond donors (Lipinski definition) is 0. The second-order valence-corrected chi connectivity index (χ2v) is 4.34. The summed E-state index contributed by atoms with van der Waals surface area (Å²) in [6.07, 6.45) is 0. The van der Waals surface area contributed by atoms with Crippen LogP contribution in [0.2, 0.25) is 0 Å². The second kappa shape index (κ2) is 3.66. The van der Waals surface area contributed by atoms with Crippen LogP contribution in [-0.2, 0) is 5.41 Å². The summed E-state index contributed by atoms with van der Waals surface area (Å²) < 4.78 is 26.1. The Kier molecular flexibility index (Phi) is 2.91. The largest absolute Gasteiger partial charge is 0.204 e. The quantitative estimate of drug-likeness (QED) is 0.708. The molecule has 0 amide bonds.